The van der Waals surface area contributed by atoms with Crippen LogP contribution >= 0.6 is 11.8 Å². The third kappa shape index (κ3) is 1.88. The van der Waals surface area contributed by atoms with Gasteiger partial charge in [0.15, 0.2) is 5.16 Å². The molecule has 0 N–H and O–H groups in total. The molecule has 0 saturated heterocycles. The van der Waals surface area contributed by atoms with E-state index in [-0.39, 0.29) is 0 Å². The summed E-state index contributed by atoms with van der Waals surface area (Å²) in [7, 11) is 0. The fourth-order valence-corrected chi connectivity index (χ4v) is 2.40. The van der Waals surface area contributed by atoms with Gasteiger partial charge in [-0.1, -0.05) is 31.0 Å². The third-order valence-electron chi connectivity index (χ3n) is 2.64. The van der Waals surface area contributed by atoms with Gasteiger partial charge in [-0.25, -0.2) is 0 Å². The Morgan fingerprint density at radius 3 is 2.85 bits per heavy atom. The molecule has 1 heterocycles. The van der Waals surface area contributed by atoms with Gasteiger partial charge in [-0.3, -0.25) is 0 Å². The summed E-state index contributed by atoms with van der Waals surface area (Å²) < 4.78 is 2.18. The fraction of sp³-hybridized carbons (Fsp3) is 0.667. The molecular weight excluding hydrogens is 182 g/mol. The lowest BCUT2D eigenvalue weighted by atomic mass is 9.95. The van der Waals surface area contributed by atoms with Gasteiger partial charge in [0, 0.05) is 12.3 Å². The molecule has 2 rings (SSSR count). The SMILES string of the molecule is [CH2]Sc1nncn1C1CCCCC1. The summed E-state index contributed by atoms with van der Waals surface area (Å²) >= 11 is 1.44. The van der Waals surface area contributed by atoms with E-state index in [1.807, 2.05) is 6.33 Å². The van der Waals surface area contributed by atoms with Crippen molar-refractivity contribution in [3.8, 4) is 0 Å². The first-order valence-corrected chi connectivity index (χ1v) is 5.72. The number of thioether (sulfide) groups is 1. The Hall–Kier alpha value is -0.510. The number of nitrogens with zero attached hydrogens (tertiary/aromatic N) is 3. The largest absolute Gasteiger partial charge is 0.306 e. The molecule has 71 valence electrons. The monoisotopic (exact) mass is 196 g/mol. The molecule has 0 aromatic carbocycles. The van der Waals surface area contributed by atoms with Crippen LogP contribution in [0.3, 0.4) is 0 Å². The Kier molecular flexibility index (Phi) is 2.88. The van der Waals surface area contributed by atoms with Gasteiger partial charge in [-0.15, -0.1) is 10.2 Å². The Morgan fingerprint density at radius 1 is 1.38 bits per heavy atom. The Balaban J connectivity index is 2.13. The molecule has 1 saturated carbocycles. The minimum absolute atomic E-state index is 0.619. The van der Waals surface area contributed by atoms with E-state index >= 15 is 0 Å². The molecule has 1 fully saturated rings. The van der Waals surface area contributed by atoms with Crippen LogP contribution in [-0.4, -0.2) is 14.8 Å². The zero-order chi connectivity index (χ0) is 9.10. The predicted octanol–water partition coefficient (Wildman–Crippen LogP) is 2.67. The van der Waals surface area contributed by atoms with E-state index < -0.39 is 0 Å². The van der Waals surface area contributed by atoms with E-state index in [1.54, 1.807) is 0 Å². The molecule has 1 radical (unpaired) electrons. The van der Waals surface area contributed by atoms with Gasteiger partial charge in [-0.05, 0) is 12.8 Å². The van der Waals surface area contributed by atoms with Crippen molar-refractivity contribution in [1.82, 2.24) is 14.8 Å². The van der Waals surface area contributed by atoms with Crippen molar-refractivity contribution in [2.24, 2.45) is 0 Å². The first kappa shape index (κ1) is 9.06. The summed E-state index contributed by atoms with van der Waals surface area (Å²) in [6.07, 6.45) is 12.2. The van der Waals surface area contributed by atoms with Crippen LogP contribution in [0.25, 0.3) is 0 Å². The highest BCUT2D eigenvalue weighted by atomic mass is 32.2. The van der Waals surface area contributed by atoms with Gasteiger partial charge in [-0.2, -0.15) is 0 Å². The molecule has 0 bridgehead atoms. The average Bonchev–Trinajstić information content (AvgIpc) is 2.67. The standard InChI is InChI=1S/C9H14N3S/c1-13-9-11-10-7-12(9)8-5-3-2-4-6-8/h7-8H,1-6H2. The highest BCUT2D eigenvalue weighted by molar-refractivity contribution is 8.00. The summed E-state index contributed by atoms with van der Waals surface area (Å²) in [5.74, 6) is 0. The summed E-state index contributed by atoms with van der Waals surface area (Å²) in [6.45, 7) is 0. The zero-order valence-electron chi connectivity index (χ0n) is 7.65. The van der Waals surface area contributed by atoms with Crippen molar-refractivity contribution in [1.29, 1.82) is 0 Å². The molecule has 1 aromatic heterocycles. The summed E-state index contributed by atoms with van der Waals surface area (Å²) in [4.78, 5) is 0. The van der Waals surface area contributed by atoms with Gasteiger partial charge in [0.05, 0.1) is 0 Å². The van der Waals surface area contributed by atoms with Crippen molar-refractivity contribution in [2.45, 2.75) is 43.3 Å². The van der Waals surface area contributed by atoms with E-state index in [9.17, 15) is 0 Å². The minimum atomic E-state index is 0.619. The van der Waals surface area contributed by atoms with Crippen molar-refractivity contribution in [3.63, 3.8) is 0 Å². The highest BCUT2D eigenvalue weighted by Crippen LogP contribution is 2.30. The van der Waals surface area contributed by atoms with Gasteiger partial charge in [0.2, 0.25) is 0 Å². The van der Waals surface area contributed by atoms with E-state index in [1.165, 1.54) is 43.9 Å². The summed E-state index contributed by atoms with van der Waals surface area (Å²) in [5.41, 5.74) is 0. The second-order valence-electron chi connectivity index (χ2n) is 3.46. The molecule has 0 atom stereocenters. The topological polar surface area (TPSA) is 30.7 Å². The van der Waals surface area contributed by atoms with Crippen molar-refractivity contribution in [2.75, 3.05) is 0 Å². The van der Waals surface area contributed by atoms with Crippen LogP contribution in [0.15, 0.2) is 11.5 Å². The van der Waals surface area contributed by atoms with Gasteiger partial charge in [0.25, 0.3) is 0 Å². The molecule has 0 unspecified atom stereocenters. The lowest BCUT2D eigenvalue weighted by Gasteiger charge is -2.23. The van der Waals surface area contributed by atoms with E-state index in [0.717, 1.165) is 5.16 Å². The first-order chi connectivity index (χ1) is 6.42. The Morgan fingerprint density at radius 2 is 2.15 bits per heavy atom. The quantitative estimate of drug-likeness (QED) is 0.681. The molecule has 4 heteroatoms. The molecular formula is C9H14N3S. The van der Waals surface area contributed by atoms with Gasteiger partial charge in [0.1, 0.15) is 6.33 Å². The number of hydrogen-bond donors (Lipinski definition) is 0. The Labute approximate surface area is 82.9 Å². The van der Waals surface area contributed by atoms with E-state index in [0.29, 0.717) is 6.04 Å². The van der Waals surface area contributed by atoms with Crippen LogP contribution in [0.4, 0.5) is 0 Å². The average molecular weight is 196 g/mol. The third-order valence-corrected chi connectivity index (χ3v) is 3.19. The molecule has 0 amide bonds. The van der Waals surface area contributed by atoms with Crippen LogP contribution < -0.4 is 0 Å². The summed E-state index contributed by atoms with van der Waals surface area (Å²) in [6, 6.07) is 0.619. The molecule has 1 aliphatic carbocycles. The maximum atomic E-state index is 4.02. The second-order valence-corrected chi connectivity index (χ2v) is 4.11. The van der Waals surface area contributed by atoms with Gasteiger partial charge < -0.3 is 4.57 Å². The Bertz CT molecular complexity index is 266. The molecule has 0 spiro atoms. The van der Waals surface area contributed by atoms with Crippen LogP contribution in [0.1, 0.15) is 38.1 Å². The van der Waals surface area contributed by atoms with Crippen LogP contribution in [0.5, 0.6) is 0 Å². The second kappa shape index (κ2) is 4.13. The maximum Gasteiger partial charge on any atom is 0.191 e. The van der Waals surface area contributed by atoms with E-state index in [2.05, 4.69) is 21.0 Å². The normalized spacial score (nSPS) is 19.2. The van der Waals surface area contributed by atoms with Gasteiger partial charge >= 0.3 is 0 Å². The molecule has 3 nitrogen and oxygen atoms in total. The van der Waals surface area contributed by atoms with Crippen molar-refractivity contribution < 1.29 is 0 Å². The maximum absolute atomic E-state index is 4.02. The lowest BCUT2D eigenvalue weighted by molar-refractivity contribution is 0.336. The van der Waals surface area contributed by atoms with Crippen LogP contribution in [0.2, 0.25) is 0 Å². The molecule has 1 aromatic rings. The summed E-state index contributed by atoms with van der Waals surface area (Å²) in [5, 5.41) is 8.89. The molecule has 1 aliphatic rings. The van der Waals surface area contributed by atoms with E-state index in [4.69, 9.17) is 0 Å². The van der Waals surface area contributed by atoms with Crippen molar-refractivity contribution in [3.05, 3.63) is 12.6 Å². The minimum Gasteiger partial charge on any atom is -0.306 e. The first-order valence-electron chi connectivity index (χ1n) is 4.73. The number of aromatic nitrogens is 3. The van der Waals surface area contributed by atoms with Crippen LogP contribution in [0, 0.1) is 6.26 Å². The van der Waals surface area contributed by atoms with Crippen molar-refractivity contribution >= 4 is 11.8 Å². The van der Waals surface area contributed by atoms with Crippen LogP contribution in [-0.2, 0) is 0 Å². The lowest BCUT2D eigenvalue weighted by Crippen LogP contribution is -2.12. The number of hydrogen-bond acceptors (Lipinski definition) is 3. The zero-order valence-corrected chi connectivity index (χ0v) is 8.46. The highest BCUT2D eigenvalue weighted by Gasteiger charge is 2.17. The molecule has 0 aliphatic heterocycles. The predicted molar refractivity (Wildman–Crippen MR) is 53.4 cm³/mol. The smallest absolute Gasteiger partial charge is 0.191 e. The number of rotatable bonds is 2. The molecule has 13 heavy (non-hydrogen) atoms. The fourth-order valence-electron chi connectivity index (χ4n) is 1.94.